The van der Waals surface area contributed by atoms with Crippen LogP contribution in [-0.2, 0) is 6.54 Å². The molecule has 2 rings (SSSR count). The predicted octanol–water partition coefficient (Wildman–Crippen LogP) is 2.68. The first-order chi connectivity index (χ1) is 9.67. The summed E-state index contributed by atoms with van der Waals surface area (Å²) in [5.41, 5.74) is 7.13. The molecule has 0 bridgehead atoms. The summed E-state index contributed by atoms with van der Waals surface area (Å²) < 4.78 is 10.7. The van der Waals surface area contributed by atoms with Crippen LogP contribution in [0.25, 0.3) is 0 Å². The highest BCUT2D eigenvalue weighted by Crippen LogP contribution is 2.29. The van der Waals surface area contributed by atoms with Gasteiger partial charge in [0.2, 0.25) is 0 Å². The van der Waals surface area contributed by atoms with Crippen LogP contribution in [0.15, 0.2) is 18.2 Å². The topological polar surface area (TPSA) is 47.7 Å². The summed E-state index contributed by atoms with van der Waals surface area (Å²) >= 11 is 0. The summed E-state index contributed by atoms with van der Waals surface area (Å²) in [6, 6.07) is 6.50. The summed E-state index contributed by atoms with van der Waals surface area (Å²) in [5, 5.41) is 0. The Morgan fingerprint density at radius 2 is 2.05 bits per heavy atom. The van der Waals surface area contributed by atoms with Crippen molar-refractivity contribution in [2.24, 2.45) is 11.7 Å². The van der Waals surface area contributed by atoms with Gasteiger partial charge in [-0.05, 0) is 31.4 Å². The van der Waals surface area contributed by atoms with Crippen LogP contribution in [0.3, 0.4) is 0 Å². The van der Waals surface area contributed by atoms with Gasteiger partial charge in [0.25, 0.3) is 0 Å². The SMILES string of the molecule is COc1ccc(CN2CCC(C)CC2CN)c(OC)c1.Cl. The Hall–Kier alpha value is -0.970. The van der Waals surface area contributed by atoms with E-state index in [-0.39, 0.29) is 12.4 Å². The second-order valence-corrected chi connectivity index (χ2v) is 5.67. The lowest BCUT2D eigenvalue weighted by Gasteiger charge is -2.38. The van der Waals surface area contributed by atoms with E-state index in [9.17, 15) is 0 Å². The maximum atomic E-state index is 5.93. The fraction of sp³-hybridized carbons (Fsp3) is 0.625. The fourth-order valence-electron chi connectivity index (χ4n) is 2.95. The maximum Gasteiger partial charge on any atom is 0.127 e. The van der Waals surface area contributed by atoms with Gasteiger partial charge in [-0.15, -0.1) is 12.4 Å². The monoisotopic (exact) mass is 314 g/mol. The number of rotatable bonds is 5. The molecule has 1 aliphatic rings. The zero-order valence-corrected chi connectivity index (χ0v) is 14.0. The minimum atomic E-state index is 0. The molecule has 5 heteroatoms. The smallest absolute Gasteiger partial charge is 0.127 e. The molecule has 0 spiro atoms. The Bertz CT molecular complexity index is 442. The number of likely N-dealkylation sites (tertiary alicyclic amines) is 1. The molecule has 21 heavy (non-hydrogen) atoms. The first-order valence-corrected chi connectivity index (χ1v) is 7.33. The summed E-state index contributed by atoms with van der Waals surface area (Å²) in [6.07, 6.45) is 2.43. The van der Waals surface area contributed by atoms with Crippen LogP contribution in [0.5, 0.6) is 11.5 Å². The van der Waals surface area contributed by atoms with Gasteiger partial charge in [-0.2, -0.15) is 0 Å². The Kier molecular flexibility index (Phi) is 7.29. The third-order valence-electron chi connectivity index (χ3n) is 4.24. The summed E-state index contributed by atoms with van der Waals surface area (Å²) in [5.74, 6) is 2.49. The van der Waals surface area contributed by atoms with Crippen LogP contribution in [-0.4, -0.2) is 38.3 Å². The van der Waals surface area contributed by atoms with Gasteiger partial charge in [0.1, 0.15) is 11.5 Å². The molecule has 1 heterocycles. The third kappa shape index (κ3) is 4.50. The quantitative estimate of drug-likeness (QED) is 0.908. The van der Waals surface area contributed by atoms with Crippen LogP contribution in [0.4, 0.5) is 0 Å². The van der Waals surface area contributed by atoms with Gasteiger partial charge < -0.3 is 15.2 Å². The normalized spacial score (nSPS) is 22.5. The third-order valence-corrected chi connectivity index (χ3v) is 4.24. The molecule has 0 amide bonds. The molecule has 2 unspecified atom stereocenters. The van der Waals surface area contributed by atoms with Gasteiger partial charge in [-0.3, -0.25) is 4.90 Å². The lowest BCUT2D eigenvalue weighted by Crippen LogP contribution is -2.45. The highest BCUT2D eigenvalue weighted by Gasteiger charge is 2.25. The van der Waals surface area contributed by atoms with Crippen LogP contribution in [0, 0.1) is 5.92 Å². The van der Waals surface area contributed by atoms with E-state index in [1.54, 1.807) is 14.2 Å². The van der Waals surface area contributed by atoms with E-state index in [0.29, 0.717) is 6.04 Å². The highest BCUT2D eigenvalue weighted by molar-refractivity contribution is 5.85. The lowest BCUT2D eigenvalue weighted by atomic mass is 9.92. The summed E-state index contributed by atoms with van der Waals surface area (Å²) in [4.78, 5) is 2.48. The van der Waals surface area contributed by atoms with Crippen molar-refractivity contribution < 1.29 is 9.47 Å². The van der Waals surface area contributed by atoms with Crippen molar-refractivity contribution in [1.29, 1.82) is 0 Å². The molecule has 1 aromatic carbocycles. The molecule has 0 aliphatic carbocycles. The number of hydrogen-bond acceptors (Lipinski definition) is 4. The average molecular weight is 315 g/mol. The Morgan fingerprint density at radius 3 is 2.67 bits per heavy atom. The van der Waals surface area contributed by atoms with Crippen LogP contribution >= 0.6 is 12.4 Å². The predicted molar refractivity (Wildman–Crippen MR) is 88.4 cm³/mol. The van der Waals surface area contributed by atoms with E-state index >= 15 is 0 Å². The zero-order valence-electron chi connectivity index (χ0n) is 13.2. The fourth-order valence-corrected chi connectivity index (χ4v) is 2.95. The average Bonchev–Trinajstić information content (AvgIpc) is 2.49. The molecule has 4 nitrogen and oxygen atoms in total. The van der Waals surface area contributed by atoms with Gasteiger partial charge >= 0.3 is 0 Å². The van der Waals surface area contributed by atoms with E-state index in [1.807, 2.05) is 12.1 Å². The maximum absolute atomic E-state index is 5.93. The van der Waals surface area contributed by atoms with Crippen molar-refractivity contribution in [3.63, 3.8) is 0 Å². The van der Waals surface area contributed by atoms with E-state index in [0.717, 1.165) is 37.1 Å². The van der Waals surface area contributed by atoms with Crippen molar-refractivity contribution in [3.05, 3.63) is 23.8 Å². The molecule has 2 atom stereocenters. The molecule has 0 radical (unpaired) electrons. The Labute approximate surface area is 134 Å². The lowest BCUT2D eigenvalue weighted by molar-refractivity contribution is 0.114. The Morgan fingerprint density at radius 1 is 1.29 bits per heavy atom. The molecule has 0 saturated carbocycles. The molecule has 1 aliphatic heterocycles. The van der Waals surface area contributed by atoms with Crippen LogP contribution in [0.2, 0.25) is 0 Å². The van der Waals surface area contributed by atoms with Gasteiger partial charge in [-0.1, -0.05) is 13.0 Å². The van der Waals surface area contributed by atoms with E-state index in [2.05, 4.69) is 17.9 Å². The number of hydrogen-bond donors (Lipinski definition) is 1. The summed E-state index contributed by atoms with van der Waals surface area (Å²) in [6.45, 7) is 5.04. The molecule has 120 valence electrons. The van der Waals surface area contributed by atoms with Gasteiger partial charge in [0.05, 0.1) is 14.2 Å². The van der Waals surface area contributed by atoms with Crippen molar-refractivity contribution in [2.75, 3.05) is 27.3 Å². The standard InChI is InChI=1S/C16H26N2O2.ClH/c1-12-6-7-18(14(8-12)10-17)11-13-4-5-15(19-2)9-16(13)20-3;/h4-5,9,12,14H,6-8,10-11,17H2,1-3H3;1H. The number of nitrogens with zero attached hydrogens (tertiary/aromatic N) is 1. The van der Waals surface area contributed by atoms with E-state index in [4.69, 9.17) is 15.2 Å². The molecular formula is C16H27ClN2O2. The van der Waals surface area contributed by atoms with Crippen molar-refractivity contribution in [2.45, 2.75) is 32.4 Å². The molecule has 1 fully saturated rings. The largest absolute Gasteiger partial charge is 0.497 e. The van der Waals surface area contributed by atoms with E-state index in [1.165, 1.54) is 18.4 Å². The molecule has 1 aromatic rings. The van der Waals surface area contributed by atoms with Crippen molar-refractivity contribution >= 4 is 12.4 Å². The number of benzene rings is 1. The number of piperidine rings is 1. The first-order valence-electron chi connectivity index (χ1n) is 7.33. The molecule has 1 saturated heterocycles. The van der Waals surface area contributed by atoms with E-state index < -0.39 is 0 Å². The van der Waals surface area contributed by atoms with Gasteiger partial charge in [0.15, 0.2) is 0 Å². The zero-order chi connectivity index (χ0) is 14.5. The molecular weight excluding hydrogens is 288 g/mol. The van der Waals surface area contributed by atoms with Gasteiger partial charge in [-0.25, -0.2) is 0 Å². The van der Waals surface area contributed by atoms with Crippen LogP contribution in [0.1, 0.15) is 25.3 Å². The number of nitrogens with two attached hydrogens (primary N) is 1. The second kappa shape index (κ2) is 8.47. The van der Waals surface area contributed by atoms with Crippen LogP contribution < -0.4 is 15.2 Å². The minimum absolute atomic E-state index is 0. The minimum Gasteiger partial charge on any atom is -0.497 e. The number of methoxy groups -OCH3 is 2. The molecule has 0 aromatic heterocycles. The Balaban J connectivity index is 0.00000220. The van der Waals surface area contributed by atoms with Crippen molar-refractivity contribution in [3.8, 4) is 11.5 Å². The first kappa shape index (κ1) is 18.1. The molecule has 2 N–H and O–H groups in total. The summed E-state index contributed by atoms with van der Waals surface area (Å²) in [7, 11) is 3.38. The second-order valence-electron chi connectivity index (χ2n) is 5.67. The number of ether oxygens (including phenoxy) is 2. The van der Waals surface area contributed by atoms with Gasteiger partial charge in [0, 0.05) is 30.8 Å². The highest BCUT2D eigenvalue weighted by atomic mass is 35.5. The van der Waals surface area contributed by atoms with Crippen molar-refractivity contribution in [1.82, 2.24) is 4.90 Å². The number of halogens is 1.